The highest BCUT2D eigenvalue weighted by Gasteiger charge is 2.47. The van der Waals surface area contributed by atoms with E-state index in [0.717, 1.165) is 56.3 Å². The highest BCUT2D eigenvalue weighted by atomic mass is 32.2. The monoisotopic (exact) mass is 371 g/mol. The summed E-state index contributed by atoms with van der Waals surface area (Å²) in [5, 5.41) is 3.17. The number of thiazole rings is 1. The summed E-state index contributed by atoms with van der Waals surface area (Å²) in [6.45, 7) is 5.98. The van der Waals surface area contributed by atoms with Crippen molar-refractivity contribution in [1.82, 2.24) is 14.8 Å². The summed E-state index contributed by atoms with van der Waals surface area (Å²) in [6, 6.07) is 0. The van der Waals surface area contributed by atoms with Crippen molar-refractivity contribution in [2.45, 2.75) is 32.7 Å². The fourth-order valence-electron chi connectivity index (χ4n) is 3.40. The molecule has 1 saturated heterocycles. The molecule has 1 aromatic heterocycles. The van der Waals surface area contributed by atoms with E-state index in [-0.39, 0.29) is 17.1 Å². The fraction of sp³-hybridized carbons (Fsp3) is 0.750. The summed E-state index contributed by atoms with van der Waals surface area (Å²) in [7, 11) is -3.02. The van der Waals surface area contributed by atoms with Gasteiger partial charge in [0.2, 0.25) is 5.91 Å². The third kappa shape index (κ3) is 4.77. The Kier molecular flexibility index (Phi) is 4.99. The Bertz CT molecular complexity index is 702. The van der Waals surface area contributed by atoms with Gasteiger partial charge in [-0.15, -0.1) is 11.3 Å². The number of carbonyl (C=O) groups is 1. The van der Waals surface area contributed by atoms with Crippen molar-refractivity contribution in [3.05, 3.63) is 16.1 Å². The lowest BCUT2D eigenvalue weighted by atomic mass is 10.0. The van der Waals surface area contributed by atoms with Crippen molar-refractivity contribution in [2.75, 3.05) is 38.2 Å². The molecule has 24 heavy (non-hydrogen) atoms. The first kappa shape index (κ1) is 17.8. The molecule has 1 aromatic rings. The summed E-state index contributed by atoms with van der Waals surface area (Å²) < 4.78 is 23.1. The van der Waals surface area contributed by atoms with Crippen LogP contribution >= 0.6 is 11.3 Å². The molecule has 134 valence electrons. The van der Waals surface area contributed by atoms with E-state index in [1.165, 1.54) is 6.26 Å². The van der Waals surface area contributed by atoms with Gasteiger partial charge in [-0.3, -0.25) is 9.69 Å². The topological polar surface area (TPSA) is 70.6 Å². The third-order valence-electron chi connectivity index (χ3n) is 4.83. The molecule has 0 N–H and O–H groups in total. The number of hydrogen-bond donors (Lipinski definition) is 0. The van der Waals surface area contributed by atoms with Gasteiger partial charge in [0.15, 0.2) is 0 Å². The zero-order chi connectivity index (χ0) is 17.4. The SMILES string of the molecule is Cc1nc(CN2CCN(C(=O)CC3(CS(C)(=O)=O)CC3)CC2)cs1. The molecule has 0 bridgehead atoms. The molecule has 1 amide bonds. The van der Waals surface area contributed by atoms with E-state index in [2.05, 4.69) is 15.3 Å². The van der Waals surface area contributed by atoms with Gasteiger partial charge in [0, 0.05) is 50.8 Å². The molecule has 0 aromatic carbocycles. The molecular weight excluding hydrogens is 346 g/mol. The van der Waals surface area contributed by atoms with Gasteiger partial charge in [0.1, 0.15) is 9.84 Å². The molecule has 0 radical (unpaired) electrons. The zero-order valence-electron chi connectivity index (χ0n) is 14.3. The highest BCUT2D eigenvalue weighted by Crippen LogP contribution is 2.50. The van der Waals surface area contributed by atoms with Crippen molar-refractivity contribution in [3.63, 3.8) is 0 Å². The Labute approximate surface area is 147 Å². The minimum atomic E-state index is -3.02. The number of aryl methyl sites for hydroxylation is 1. The number of sulfone groups is 1. The van der Waals surface area contributed by atoms with Gasteiger partial charge < -0.3 is 4.90 Å². The van der Waals surface area contributed by atoms with E-state index >= 15 is 0 Å². The predicted molar refractivity (Wildman–Crippen MR) is 94.7 cm³/mol. The van der Waals surface area contributed by atoms with E-state index in [1.54, 1.807) is 11.3 Å². The molecule has 1 aliphatic carbocycles. The van der Waals surface area contributed by atoms with Crippen LogP contribution in [-0.4, -0.2) is 67.3 Å². The second-order valence-corrected chi connectivity index (χ2v) is 10.5. The number of carbonyl (C=O) groups excluding carboxylic acids is 1. The van der Waals surface area contributed by atoms with E-state index in [9.17, 15) is 13.2 Å². The number of piperazine rings is 1. The van der Waals surface area contributed by atoms with Gasteiger partial charge in [-0.05, 0) is 25.2 Å². The van der Waals surface area contributed by atoms with E-state index in [0.29, 0.717) is 6.42 Å². The molecule has 2 fully saturated rings. The molecule has 2 aliphatic rings. The first-order valence-electron chi connectivity index (χ1n) is 8.34. The average molecular weight is 372 g/mol. The minimum Gasteiger partial charge on any atom is -0.340 e. The second kappa shape index (κ2) is 6.72. The largest absolute Gasteiger partial charge is 0.340 e. The van der Waals surface area contributed by atoms with Crippen molar-refractivity contribution >= 4 is 27.1 Å². The number of amides is 1. The van der Waals surface area contributed by atoms with Crippen LogP contribution in [0, 0.1) is 12.3 Å². The zero-order valence-corrected chi connectivity index (χ0v) is 16.0. The number of hydrogen-bond acceptors (Lipinski definition) is 6. The summed E-state index contributed by atoms with van der Waals surface area (Å²) in [5.41, 5.74) is 0.822. The summed E-state index contributed by atoms with van der Waals surface area (Å²) in [4.78, 5) is 21.2. The Morgan fingerprint density at radius 2 is 1.96 bits per heavy atom. The number of aromatic nitrogens is 1. The van der Waals surface area contributed by atoms with Crippen LogP contribution in [0.1, 0.15) is 30.0 Å². The first-order chi connectivity index (χ1) is 11.2. The lowest BCUT2D eigenvalue weighted by Crippen LogP contribution is -2.48. The van der Waals surface area contributed by atoms with Crippen LogP contribution in [0.15, 0.2) is 5.38 Å². The lowest BCUT2D eigenvalue weighted by Gasteiger charge is -2.35. The van der Waals surface area contributed by atoms with Crippen molar-refractivity contribution in [3.8, 4) is 0 Å². The van der Waals surface area contributed by atoms with Gasteiger partial charge >= 0.3 is 0 Å². The highest BCUT2D eigenvalue weighted by molar-refractivity contribution is 7.90. The van der Waals surface area contributed by atoms with Gasteiger partial charge in [0.25, 0.3) is 0 Å². The summed E-state index contributed by atoms with van der Waals surface area (Å²) in [5.74, 6) is 0.259. The van der Waals surface area contributed by atoms with Crippen LogP contribution in [0.2, 0.25) is 0 Å². The van der Waals surface area contributed by atoms with E-state index in [1.807, 2.05) is 11.8 Å². The van der Waals surface area contributed by atoms with Crippen LogP contribution in [0.4, 0.5) is 0 Å². The second-order valence-electron chi connectivity index (χ2n) is 7.26. The Balaban J connectivity index is 1.47. The standard InChI is InChI=1S/C16H25N3O3S2/c1-13-17-14(11-23-13)10-18-5-7-19(8-6-18)15(20)9-16(3-4-16)12-24(2,21)22/h11H,3-10,12H2,1-2H3. The van der Waals surface area contributed by atoms with Crippen LogP contribution in [0.3, 0.4) is 0 Å². The maximum absolute atomic E-state index is 12.5. The molecule has 3 rings (SSSR count). The Morgan fingerprint density at radius 1 is 1.29 bits per heavy atom. The van der Waals surface area contributed by atoms with Crippen molar-refractivity contribution in [2.24, 2.45) is 5.41 Å². The normalized spacial score (nSPS) is 21.0. The van der Waals surface area contributed by atoms with Gasteiger partial charge in [0.05, 0.1) is 16.5 Å². The van der Waals surface area contributed by atoms with Gasteiger partial charge in [-0.1, -0.05) is 0 Å². The molecule has 1 aliphatic heterocycles. The molecule has 0 spiro atoms. The van der Waals surface area contributed by atoms with Crippen LogP contribution in [-0.2, 0) is 21.2 Å². The molecule has 6 nitrogen and oxygen atoms in total. The average Bonchev–Trinajstić information content (AvgIpc) is 3.09. The first-order valence-corrected chi connectivity index (χ1v) is 11.3. The van der Waals surface area contributed by atoms with Crippen molar-refractivity contribution in [1.29, 1.82) is 0 Å². The fourth-order valence-corrected chi connectivity index (χ4v) is 5.51. The smallest absolute Gasteiger partial charge is 0.223 e. The maximum Gasteiger partial charge on any atom is 0.223 e. The lowest BCUT2D eigenvalue weighted by molar-refractivity contribution is -0.134. The quantitative estimate of drug-likeness (QED) is 0.754. The number of rotatable bonds is 6. The minimum absolute atomic E-state index is 0.111. The van der Waals surface area contributed by atoms with Crippen molar-refractivity contribution < 1.29 is 13.2 Å². The summed E-state index contributed by atoms with van der Waals surface area (Å²) in [6.07, 6.45) is 3.35. The molecule has 0 unspecified atom stereocenters. The third-order valence-corrected chi connectivity index (χ3v) is 6.79. The van der Waals surface area contributed by atoms with E-state index in [4.69, 9.17) is 0 Å². The van der Waals surface area contributed by atoms with Crippen LogP contribution in [0.5, 0.6) is 0 Å². The van der Waals surface area contributed by atoms with Crippen LogP contribution in [0.25, 0.3) is 0 Å². The van der Waals surface area contributed by atoms with Gasteiger partial charge in [-0.25, -0.2) is 13.4 Å². The Morgan fingerprint density at radius 3 is 2.46 bits per heavy atom. The maximum atomic E-state index is 12.5. The Hall–Kier alpha value is -0.990. The van der Waals surface area contributed by atoms with Gasteiger partial charge in [-0.2, -0.15) is 0 Å². The van der Waals surface area contributed by atoms with E-state index < -0.39 is 9.84 Å². The van der Waals surface area contributed by atoms with Crippen LogP contribution < -0.4 is 0 Å². The molecule has 0 atom stereocenters. The number of nitrogens with zero attached hydrogens (tertiary/aromatic N) is 3. The molecule has 8 heteroatoms. The molecule has 2 heterocycles. The summed E-state index contributed by atoms with van der Waals surface area (Å²) >= 11 is 1.66. The molecular formula is C16H25N3O3S2. The predicted octanol–water partition coefficient (Wildman–Crippen LogP) is 1.31. The molecule has 1 saturated carbocycles.